The molecule has 0 amide bonds. The molecule has 0 spiro atoms. The van der Waals surface area contributed by atoms with Crippen LogP contribution >= 0.6 is 0 Å². The molecule has 0 aliphatic carbocycles. The highest BCUT2D eigenvalue weighted by Gasteiger charge is 2.31. The molecule has 0 saturated carbocycles. The summed E-state index contributed by atoms with van der Waals surface area (Å²) in [5, 5.41) is 2.93. The van der Waals surface area contributed by atoms with Crippen molar-refractivity contribution < 1.29 is 17.6 Å². The first kappa shape index (κ1) is 14.8. The van der Waals surface area contributed by atoms with E-state index in [2.05, 4.69) is 5.32 Å². The van der Waals surface area contributed by atoms with Crippen LogP contribution in [0.2, 0.25) is 0 Å². The molecule has 1 nitrogen and oxygen atoms in total. The molecule has 18 heavy (non-hydrogen) atoms. The van der Waals surface area contributed by atoms with Crippen molar-refractivity contribution in [1.82, 2.24) is 0 Å². The highest BCUT2D eigenvalue weighted by Crippen LogP contribution is 2.31. The van der Waals surface area contributed by atoms with Crippen LogP contribution in [0.25, 0.3) is 0 Å². The largest absolute Gasteiger partial charge is 0.416 e. The van der Waals surface area contributed by atoms with Crippen LogP contribution in [0.1, 0.15) is 32.8 Å². The van der Waals surface area contributed by atoms with Crippen LogP contribution in [0, 0.1) is 11.7 Å². The Labute approximate surface area is 104 Å². The maximum atomic E-state index is 13.6. The summed E-state index contributed by atoms with van der Waals surface area (Å²) in [6.07, 6.45) is -3.74. The molecule has 5 heteroatoms. The van der Waals surface area contributed by atoms with Gasteiger partial charge in [-0.25, -0.2) is 4.39 Å². The van der Waals surface area contributed by atoms with Gasteiger partial charge in [0.25, 0.3) is 0 Å². The highest BCUT2D eigenvalue weighted by atomic mass is 19.4. The standard InChI is InChI=1S/C13H17F4N/c1-4-11(8(2)3)18-12-6-5-9(7-10(12)14)13(15,16)17/h5-8,11,18H,4H2,1-3H3. The molecule has 0 fully saturated rings. The third kappa shape index (κ3) is 3.62. The topological polar surface area (TPSA) is 12.0 Å². The summed E-state index contributed by atoms with van der Waals surface area (Å²) in [6.45, 7) is 5.89. The van der Waals surface area contributed by atoms with E-state index in [1.165, 1.54) is 0 Å². The van der Waals surface area contributed by atoms with E-state index in [0.717, 1.165) is 18.6 Å². The number of alkyl halides is 3. The summed E-state index contributed by atoms with van der Waals surface area (Å²) >= 11 is 0. The predicted molar refractivity (Wildman–Crippen MR) is 63.9 cm³/mol. The van der Waals surface area contributed by atoms with Crippen molar-refractivity contribution in [2.24, 2.45) is 5.92 Å². The van der Waals surface area contributed by atoms with Gasteiger partial charge in [0.05, 0.1) is 11.3 Å². The Morgan fingerprint density at radius 2 is 1.83 bits per heavy atom. The molecule has 1 N–H and O–H groups in total. The van der Waals surface area contributed by atoms with E-state index in [-0.39, 0.29) is 17.6 Å². The van der Waals surface area contributed by atoms with Gasteiger partial charge in [-0.1, -0.05) is 20.8 Å². The second-order valence-corrected chi connectivity index (χ2v) is 4.60. The Morgan fingerprint density at radius 1 is 1.22 bits per heavy atom. The third-order valence-corrected chi connectivity index (χ3v) is 2.88. The first-order chi connectivity index (χ1) is 8.25. The number of nitrogens with one attached hydrogen (secondary N) is 1. The van der Waals surface area contributed by atoms with Crippen LogP contribution in [0.3, 0.4) is 0 Å². The van der Waals surface area contributed by atoms with E-state index in [9.17, 15) is 17.6 Å². The SMILES string of the molecule is CCC(Nc1ccc(C(F)(F)F)cc1F)C(C)C. The zero-order valence-corrected chi connectivity index (χ0v) is 10.6. The Bertz CT molecular complexity index is 398. The molecule has 0 radical (unpaired) electrons. The molecule has 1 aromatic rings. The summed E-state index contributed by atoms with van der Waals surface area (Å²) < 4.78 is 50.7. The second-order valence-electron chi connectivity index (χ2n) is 4.60. The second kappa shape index (κ2) is 5.59. The molecule has 0 aromatic heterocycles. The van der Waals surface area contributed by atoms with Crippen molar-refractivity contribution in [2.45, 2.75) is 39.4 Å². The average Bonchev–Trinajstić information content (AvgIpc) is 2.25. The molecule has 1 atom stereocenters. The van der Waals surface area contributed by atoms with Gasteiger partial charge in [-0.05, 0) is 30.5 Å². The van der Waals surface area contributed by atoms with Crippen LogP contribution in [0.5, 0.6) is 0 Å². The summed E-state index contributed by atoms with van der Waals surface area (Å²) in [6, 6.07) is 2.59. The minimum absolute atomic E-state index is 0.0382. The Hall–Kier alpha value is -1.26. The number of benzene rings is 1. The Kier molecular flexibility index (Phi) is 4.59. The zero-order chi connectivity index (χ0) is 13.9. The van der Waals surface area contributed by atoms with Crippen molar-refractivity contribution >= 4 is 5.69 Å². The van der Waals surface area contributed by atoms with Crippen LogP contribution < -0.4 is 5.32 Å². The van der Waals surface area contributed by atoms with Gasteiger partial charge in [0.15, 0.2) is 0 Å². The maximum Gasteiger partial charge on any atom is 0.416 e. The Balaban J connectivity index is 2.93. The highest BCUT2D eigenvalue weighted by molar-refractivity contribution is 5.47. The minimum Gasteiger partial charge on any atom is -0.380 e. The van der Waals surface area contributed by atoms with Gasteiger partial charge in [0, 0.05) is 6.04 Å². The molecule has 0 aliphatic heterocycles. The van der Waals surface area contributed by atoms with Gasteiger partial charge in [-0.3, -0.25) is 0 Å². The van der Waals surface area contributed by atoms with Gasteiger partial charge >= 0.3 is 6.18 Å². The van der Waals surface area contributed by atoms with E-state index in [0.29, 0.717) is 6.07 Å². The van der Waals surface area contributed by atoms with Gasteiger partial charge in [-0.2, -0.15) is 13.2 Å². The molecular weight excluding hydrogens is 246 g/mol. The van der Waals surface area contributed by atoms with Gasteiger partial charge in [0.1, 0.15) is 5.82 Å². The normalized spacial score (nSPS) is 13.8. The molecule has 102 valence electrons. The van der Waals surface area contributed by atoms with Gasteiger partial charge in [0.2, 0.25) is 0 Å². The van der Waals surface area contributed by atoms with Crippen molar-refractivity contribution in [2.75, 3.05) is 5.32 Å². The molecule has 1 rings (SSSR count). The number of anilines is 1. The summed E-state index contributed by atoms with van der Waals surface area (Å²) in [7, 11) is 0. The summed E-state index contributed by atoms with van der Waals surface area (Å²) in [5.41, 5.74) is -0.855. The number of hydrogen-bond donors (Lipinski definition) is 1. The van der Waals surface area contributed by atoms with Gasteiger partial charge in [-0.15, -0.1) is 0 Å². The number of rotatable bonds is 4. The van der Waals surface area contributed by atoms with Crippen LogP contribution in [-0.2, 0) is 6.18 Å². The van der Waals surface area contributed by atoms with Crippen molar-refractivity contribution in [3.05, 3.63) is 29.6 Å². The smallest absolute Gasteiger partial charge is 0.380 e. The monoisotopic (exact) mass is 263 g/mol. The lowest BCUT2D eigenvalue weighted by Crippen LogP contribution is -2.25. The molecule has 0 heterocycles. The van der Waals surface area contributed by atoms with Crippen LogP contribution in [0.4, 0.5) is 23.2 Å². The average molecular weight is 263 g/mol. The lowest BCUT2D eigenvalue weighted by molar-refractivity contribution is -0.137. The van der Waals surface area contributed by atoms with Crippen molar-refractivity contribution in [1.29, 1.82) is 0 Å². The molecule has 0 bridgehead atoms. The number of halogens is 4. The fourth-order valence-corrected chi connectivity index (χ4v) is 1.75. The first-order valence-electron chi connectivity index (χ1n) is 5.89. The first-order valence-corrected chi connectivity index (χ1v) is 5.89. The zero-order valence-electron chi connectivity index (χ0n) is 10.6. The third-order valence-electron chi connectivity index (χ3n) is 2.88. The minimum atomic E-state index is -4.51. The fraction of sp³-hybridized carbons (Fsp3) is 0.538. The van der Waals surface area contributed by atoms with Crippen LogP contribution in [0.15, 0.2) is 18.2 Å². The predicted octanol–water partition coefficient (Wildman–Crippen LogP) is 4.69. The lowest BCUT2D eigenvalue weighted by atomic mass is 10.0. The van der Waals surface area contributed by atoms with Gasteiger partial charge < -0.3 is 5.32 Å². The quantitative estimate of drug-likeness (QED) is 0.777. The van der Waals surface area contributed by atoms with E-state index in [1.54, 1.807) is 0 Å². The van der Waals surface area contributed by atoms with E-state index >= 15 is 0 Å². The van der Waals surface area contributed by atoms with Crippen molar-refractivity contribution in [3.63, 3.8) is 0 Å². The molecule has 1 aromatic carbocycles. The maximum absolute atomic E-state index is 13.6. The Morgan fingerprint density at radius 3 is 2.22 bits per heavy atom. The van der Waals surface area contributed by atoms with Crippen molar-refractivity contribution in [3.8, 4) is 0 Å². The summed E-state index contributed by atoms with van der Waals surface area (Å²) in [5.74, 6) is -0.597. The van der Waals surface area contributed by atoms with E-state index < -0.39 is 17.6 Å². The molecule has 1 unspecified atom stereocenters. The molecular formula is C13H17F4N. The van der Waals surface area contributed by atoms with E-state index in [4.69, 9.17) is 0 Å². The number of hydrogen-bond acceptors (Lipinski definition) is 1. The molecule has 0 aliphatic rings. The van der Waals surface area contributed by atoms with E-state index in [1.807, 2.05) is 20.8 Å². The molecule has 0 saturated heterocycles. The fourth-order valence-electron chi connectivity index (χ4n) is 1.75. The summed E-state index contributed by atoms with van der Waals surface area (Å²) in [4.78, 5) is 0. The lowest BCUT2D eigenvalue weighted by Gasteiger charge is -2.22. The van der Waals surface area contributed by atoms with Crippen LogP contribution in [-0.4, -0.2) is 6.04 Å².